The lowest BCUT2D eigenvalue weighted by molar-refractivity contribution is -0.147. The lowest BCUT2D eigenvalue weighted by atomic mass is 9.90. The monoisotopic (exact) mass is 296 g/mol. The van der Waals surface area contributed by atoms with Gasteiger partial charge in [-0.1, -0.05) is 19.8 Å². The Bertz CT molecular complexity index is 355. The van der Waals surface area contributed by atoms with E-state index in [1.165, 1.54) is 25.7 Å². The number of hydrogen-bond donors (Lipinski definition) is 2. The Morgan fingerprint density at radius 1 is 1.29 bits per heavy atom. The van der Waals surface area contributed by atoms with Crippen molar-refractivity contribution in [3.63, 3.8) is 0 Å². The molecule has 2 fully saturated rings. The molecule has 1 heterocycles. The molecule has 0 amide bonds. The smallest absolute Gasteiger partial charge is 0.325 e. The molecule has 0 radical (unpaired) electrons. The Morgan fingerprint density at radius 3 is 2.52 bits per heavy atom. The molecule has 0 aromatic heterocycles. The second-order valence-corrected chi connectivity index (χ2v) is 7.23. The van der Waals surface area contributed by atoms with Crippen LogP contribution in [0.1, 0.15) is 65.7 Å². The first-order valence-electron chi connectivity index (χ1n) is 8.74. The first-order valence-corrected chi connectivity index (χ1v) is 8.74. The van der Waals surface area contributed by atoms with Crippen molar-refractivity contribution in [3.8, 4) is 0 Å². The Kier molecular flexibility index (Phi) is 5.67. The van der Waals surface area contributed by atoms with Crippen LogP contribution in [-0.2, 0) is 4.79 Å². The van der Waals surface area contributed by atoms with Crippen LogP contribution in [-0.4, -0.2) is 46.7 Å². The Balaban J connectivity index is 2.17. The zero-order valence-electron chi connectivity index (χ0n) is 13.9. The average molecular weight is 296 g/mol. The number of carboxylic acid groups (broad SMARTS) is 1. The second kappa shape index (κ2) is 7.10. The summed E-state index contributed by atoms with van der Waals surface area (Å²) in [5, 5.41) is 13.4. The van der Waals surface area contributed by atoms with Crippen molar-refractivity contribution >= 4 is 5.97 Å². The minimum atomic E-state index is -0.744. The minimum absolute atomic E-state index is 0.203. The van der Waals surface area contributed by atoms with E-state index in [1.807, 2.05) is 0 Å². The molecule has 2 atom stereocenters. The molecule has 1 saturated carbocycles. The van der Waals surface area contributed by atoms with Crippen molar-refractivity contribution < 1.29 is 9.90 Å². The van der Waals surface area contributed by atoms with E-state index in [1.54, 1.807) is 0 Å². The van der Waals surface area contributed by atoms with Gasteiger partial charge in [-0.05, 0) is 58.4 Å². The zero-order chi connectivity index (χ0) is 15.5. The van der Waals surface area contributed by atoms with Crippen LogP contribution in [0.5, 0.6) is 0 Å². The predicted octanol–water partition coefficient (Wildman–Crippen LogP) is 2.87. The van der Waals surface area contributed by atoms with Gasteiger partial charge >= 0.3 is 5.97 Å². The van der Waals surface area contributed by atoms with Gasteiger partial charge in [-0.3, -0.25) is 15.0 Å². The van der Waals surface area contributed by atoms with Gasteiger partial charge < -0.3 is 5.11 Å². The van der Waals surface area contributed by atoms with E-state index in [9.17, 15) is 9.90 Å². The molecule has 21 heavy (non-hydrogen) atoms. The van der Waals surface area contributed by atoms with Crippen LogP contribution in [0.2, 0.25) is 0 Å². The first kappa shape index (κ1) is 16.8. The highest BCUT2D eigenvalue weighted by Crippen LogP contribution is 2.41. The minimum Gasteiger partial charge on any atom is -0.480 e. The van der Waals surface area contributed by atoms with Crippen LogP contribution in [0, 0.1) is 5.92 Å². The van der Waals surface area contributed by atoms with Crippen molar-refractivity contribution in [3.05, 3.63) is 0 Å². The molecular weight excluding hydrogens is 264 g/mol. The van der Waals surface area contributed by atoms with Crippen LogP contribution < -0.4 is 5.32 Å². The fourth-order valence-electron chi connectivity index (χ4n) is 3.92. The summed E-state index contributed by atoms with van der Waals surface area (Å²) in [6.07, 6.45) is 8.23. The maximum Gasteiger partial charge on any atom is 0.325 e. The number of likely N-dealkylation sites (tertiary alicyclic amines) is 1. The summed E-state index contributed by atoms with van der Waals surface area (Å²) in [5.74, 6) is -0.351. The van der Waals surface area contributed by atoms with Crippen molar-refractivity contribution in [2.24, 2.45) is 5.92 Å². The third kappa shape index (κ3) is 3.98. The summed E-state index contributed by atoms with van der Waals surface area (Å²) in [6, 6.07) is 0.757. The van der Waals surface area contributed by atoms with Gasteiger partial charge in [0.05, 0.1) is 0 Å². The van der Waals surface area contributed by atoms with Gasteiger partial charge in [0, 0.05) is 18.6 Å². The van der Waals surface area contributed by atoms with Gasteiger partial charge in [0.1, 0.15) is 5.54 Å². The molecule has 2 N–H and O–H groups in total. The fraction of sp³-hybridized carbons (Fsp3) is 0.941. The van der Waals surface area contributed by atoms with E-state index < -0.39 is 11.5 Å². The molecule has 2 unspecified atom stereocenters. The summed E-state index contributed by atoms with van der Waals surface area (Å²) < 4.78 is 0. The lowest BCUT2D eigenvalue weighted by Crippen LogP contribution is -2.63. The van der Waals surface area contributed by atoms with Gasteiger partial charge in [0.25, 0.3) is 0 Å². The molecule has 2 rings (SSSR count). The molecular formula is C17H32N2O2. The summed E-state index contributed by atoms with van der Waals surface area (Å²) in [6.45, 7) is 8.07. The molecule has 2 aliphatic rings. The quantitative estimate of drug-likeness (QED) is 0.758. The van der Waals surface area contributed by atoms with Crippen molar-refractivity contribution in [2.45, 2.75) is 83.3 Å². The van der Waals surface area contributed by atoms with E-state index in [4.69, 9.17) is 0 Å². The molecule has 4 heteroatoms. The standard InChI is InChI=1S/C17H32N2O2/c1-4-15-8-6-5-7-11-19(15)12-17(16(20)21,14-9-10-14)18-13(2)3/h13-15,18H,4-12H2,1-3H3,(H,20,21). The molecule has 122 valence electrons. The van der Waals surface area contributed by atoms with Crippen molar-refractivity contribution in [2.75, 3.05) is 13.1 Å². The Morgan fingerprint density at radius 2 is 2.00 bits per heavy atom. The van der Waals surface area contributed by atoms with E-state index in [0.29, 0.717) is 18.5 Å². The SMILES string of the molecule is CCC1CCCCCN1CC(NC(C)C)(C(=O)O)C1CC1. The number of nitrogens with one attached hydrogen (secondary N) is 1. The lowest BCUT2D eigenvalue weighted by Gasteiger charge is -2.40. The molecule has 0 bridgehead atoms. The highest BCUT2D eigenvalue weighted by molar-refractivity contribution is 5.80. The number of nitrogens with zero attached hydrogens (tertiary/aromatic N) is 1. The van der Waals surface area contributed by atoms with Gasteiger partial charge in [-0.15, -0.1) is 0 Å². The maximum atomic E-state index is 12.1. The Hall–Kier alpha value is -0.610. The average Bonchev–Trinajstić information content (AvgIpc) is 3.24. The fourth-order valence-corrected chi connectivity index (χ4v) is 3.92. The normalized spacial score (nSPS) is 27.3. The van der Waals surface area contributed by atoms with E-state index in [0.717, 1.165) is 25.8 Å². The van der Waals surface area contributed by atoms with Gasteiger partial charge in [0.2, 0.25) is 0 Å². The van der Waals surface area contributed by atoms with Gasteiger partial charge in [-0.2, -0.15) is 0 Å². The molecule has 1 aliphatic carbocycles. The van der Waals surface area contributed by atoms with Crippen LogP contribution in [0.4, 0.5) is 0 Å². The van der Waals surface area contributed by atoms with Crippen LogP contribution in [0.3, 0.4) is 0 Å². The Labute approximate surface area is 129 Å². The van der Waals surface area contributed by atoms with Crippen molar-refractivity contribution in [1.29, 1.82) is 0 Å². The topological polar surface area (TPSA) is 52.6 Å². The van der Waals surface area contributed by atoms with Gasteiger partial charge in [0.15, 0.2) is 0 Å². The molecule has 1 aliphatic heterocycles. The third-order valence-electron chi connectivity index (χ3n) is 5.12. The van der Waals surface area contributed by atoms with Crippen LogP contribution in [0.15, 0.2) is 0 Å². The van der Waals surface area contributed by atoms with E-state index in [-0.39, 0.29) is 6.04 Å². The number of carbonyl (C=O) groups is 1. The summed E-state index contributed by atoms with van der Waals surface area (Å²) in [4.78, 5) is 14.6. The largest absolute Gasteiger partial charge is 0.480 e. The van der Waals surface area contributed by atoms with E-state index in [2.05, 4.69) is 31.0 Å². The highest BCUT2D eigenvalue weighted by Gasteiger charge is 2.52. The van der Waals surface area contributed by atoms with Crippen molar-refractivity contribution in [1.82, 2.24) is 10.2 Å². The number of hydrogen-bond acceptors (Lipinski definition) is 3. The predicted molar refractivity (Wildman–Crippen MR) is 85.5 cm³/mol. The number of carboxylic acids is 1. The molecule has 1 saturated heterocycles. The second-order valence-electron chi connectivity index (χ2n) is 7.23. The summed E-state index contributed by atoms with van der Waals surface area (Å²) in [5.41, 5.74) is -0.744. The van der Waals surface area contributed by atoms with Crippen LogP contribution in [0.25, 0.3) is 0 Å². The number of rotatable bonds is 7. The third-order valence-corrected chi connectivity index (χ3v) is 5.12. The molecule has 0 aromatic rings. The van der Waals surface area contributed by atoms with Gasteiger partial charge in [-0.25, -0.2) is 0 Å². The van der Waals surface area contributed by atoms with Crippen LogP contribution >= 0.6 is 0 Å². The molecule has 4 nitrogen and oxygen atoms in total. The maximum absolute atomic E-state index is 12.1. The summed E-state index contributed by atoms with van der Waals surface area (Å²) >= 11 is 0. The highest BCUT2D eigenvalue weighted by atomic mass is 16.4. The number of aliphatic carboxylic acids is 1. The first-order chi connectivity index (χ1) is 9.99. The zero-order valence-corrected chi connectivity index (χ0v) is 13.9. The summed E-state index contributed by atoms with van der Waals surface area (Å²) in [7, 11) is 0. The van der Waals surface area contributed by atoms with E-state index >= 15 is 0 Å². The molecule has 0 spiro atoms. The molecule has 0 aromatic carbocycles.